The molecule has 0 N–H and O–H groups in total. The third-order valence-corrected chi connectivity index (χ3v) is 39.1. The van der Waals surface area contributed by atoms with Gasteiger partial charge in [0.05, 0.1) is 0 Å². The molecule has 0 aromatic heterocycles. The second-order valence-electron chi connectivity index (χ2n) is 20.2. The molecule has 4 aliphatic rings. The van der Waals surface area contributed by atoms with Crippen molar-refractivity contribution in [3.8, 4) is 22.3 Å². The van der Waals surface area contributed by atoms with Gasteiger partial charge in [-0.2, -0.15) is 0 Å². The van der Waals surface area contributed by atoms with Crippen LogP contribution in [0.5, 0.6) is 0 Å². The average Bonchev–Trinajstić information content (AvgIpc) is 3.54. The maximum atomic E-state index is 3.00. The Bertz CT molecular complexity index is 2010. The van der Waals surface area contributed by atoms with Crippen molar-refractivity contribution in [1.29, 1.82) is 0 Å². The largest absolute Gasteiger partial charge is 0.147 e. The van der Waals surface area contributed by atoms with E-state index in [1.54, 1.807) is 22.3 Å². The molecule has 4 aromatic rings. The Labute approximate surface area is 380 Å². The molecule has 2 fully saturated rings. The van der Waals surface area contributed by atoms with E-state index in [-0.39, 0.29) is 24.8 Å². The summed E-state index contributed by atoms with van der Waals surface area (Å²) in [5.74, 6) is 1.65. The topological polar surface area (TPSA) is 0 Å². The summed E-state index contributed by atoms with van der Waals surface area (Å²) in [6.45, 7) is 9.78. The van der Waals surface area contributed by atoms with Crippen LogP contribution in [0.15, 0.2) is 96.1 Å². The van der Waals surface area contributed by atoms with Crippen molar-refractivity contribution < 1.29 is 17.4 Å². The predicted octanol–water partition coefficient (Wildman–Crippen LogP) is 17.2. The summed E-state index contributed by atoms with van der Waals surface area (Å²) < 4.78 is 5.60. The van der Waals surface area contributed by atoms with E-state index in [2.05, 4.69) is 129 Å². The van der Waals surface area contributed by atoms with Gasteiger partial charge >= 0.3 is 359 Å². The van der Waals surface area contributed by atoms with E-state index < -0.39 is 17.4 Å². The van der Waals surface area contributed by atoms with Gasteiger partial charge in [0.25, 0.3) is 0 Å². The second kappa shape index (κ2) is 21.1. The van der Waals surface area contributed by atoms with Gasteiger partial charge in [0.2, 0.25) is 0 Å². The molecule has 0 saturated heterocycles. The van der Waals surface area contributed by atoms with Crippen molar-refractivity contribution in [2.75, 3.05) is 0 Å². The van der Waals surface area contributed by atoms with Gasteiger partial charge in [-0.25, -0.2) is 0 Å². The van der Waals surface area contributed by atoms with Gasteiger partial charge in [0, 0.05) is 0 Å². The zero-order chi connectivity index (χ0) is 40.1. The van der Waals surface area contributed by atoms with E-state index in [4.69, 9.17) is 0 Å². The molecule has 8 rings (SSSR count). The predicted molar refractivity (Wildman–Crippen MR) is 269 cm³/mol. The molecule has 0 heterocycles. The second-order valence-corrected chi connectivity index (χ2v) is 48.6. The van der Waals surface area contributed by atoms with Gasteiger partial charge in [-0.3, -0.25) is 0 Å². The zero-order valence-corrected chi connectivity index (χ0v) is 43.2. The minimum absolute atomic E-state index is 0. The number of hydrogen-bond acceptors (Lipinski definition) is 0. The molecule has 60 heavy (non-hydrogen) atoms. The molecule has 0 amide bonds. The molecule has 0 radical (unpaired) electrons. The number of hydrogen-bond donors (Lipinski definition) is 0. The summed E-state index contributed by atoms with van der Waals surface area (Å²) in [6.07, 6.45) is 31.3. The number of allylic oxidation sites excluding steroid dienone is 2. The van der Waals surface area contributed by atoms with Crippen molar-refractivity contribution in [3.63, 3.8) is 0 Å². The fourth-order valence-corrected chi connectivity index (χ4v) is 38.9. The molecule has 0 bridgehead atoms. The van der Waals surface area contributed by atoms with E-state index in [9.17, 15) is 0 Å². The van der Waals surface area contributed by atoms with Gasteiger partial charge in [-0.05, 0) is 0 Å². The number of rotatable bonds is 14. The third kappa shape index (κ3) is 9.89. The summed E-state index contributed by atoms with van der Waals surface area (Å²) in [5.41, 5.74) is 18.8. The Morgan fingerprint density at radius 1 is 0.500 bits per heavy atom. The average molecular weight is 939 g/mol. The van der Waals surface area contributed by atoms with Crippen LogP contribution >= 0.6 is 24.8 Å². The minimum Gasteiger partial charge on any atom is -0.147 e. The zero-order valence-electron chi connectivity index (χ0n) is 37.7. The Morgan fingerprint density at radius 2 is 0.883 bits per heavy atom. The van der Waals surface area contributed by atoms with Gasteiger partial charge in [-0.15, -0.1) is 24.8 Å². The normalized spacial score (nSPS) is 19.9. The van der Waals surface area contributed by atoms with Crippen molar-refractivity contribution in [1.82, 2.24) is 0 Å². The molecule has 0 spiro atoms. The van der Waals surface area contributed by atoms with Crippen LogP contribution in [0.2, 0.25) is 8.76 Å². The maximum Gasteiger partial charge on any atom is -0.147 e. The molecule has 0 aliphatic heterocycles. The monoisotopic (exact) mass is 936 g/mol. The first kappa shape index (κ1) is 47.5. The van der Waals surface area contributed by atoms with Crippen LogP contribution in [-0.4, -0.2) is 6.88 Å². The van der Waals surface area contributed by atoms with E-state index >= 15 is 0 Å². The molecular weight excluding hydrogens is 863 g/mol. The van der Waals surface area contributed by atoms with Gasteiger partial charge in [-0.1, -0.05) is 0 Å². The van der Waals surface area contributed by atoms with Crippen molar-refractivity contribution >= 4 is 43.8 Å². The van der Waals surface area contributed by atoms with E-state index in [1.165, 1.54) is 147 Å². The Morgan fingerprint density at radius 3 is 1.23 bits per heavy atom. The SMILES string of the molecule is CCCc1ccc(-c2cccc3c2C=C(CC2CCCCCC2)[CH]3[Zr]([CH3])(=[SiH2])([CH2]CC)[CH]2C(CC3CCCCCC3)=Cc3c(-c4ccc(CCC)cc4)cccc32)cc1.Cl.Cl. The van der Waals surface area contributed by atoms with E-state index in [1.807, 2.05) is 11.1 Å². The van der Waals surface area contributed by atoms with Crippen LogP contribution < -0.4 is 0 Å². The first-order valence-electron chi connectivity index (χ1n) is 24.2. The summed E-state index contributed by atoms with van der Waals surface area (Å²) >= 11 is -3.97. The number of fused-ring (bicyclic) bond motifs is 2. The number of benzene rings is 4. The van der Waals surface area contributed by atoms with Crippen molar-refractivity contribution in [3.05, 3.63) is 129 Å². The molecule has 2 unspecified atom stereocenters. The molecule has 2 saturated carbocycles. The molecule has 4 heteroatoms. The fourth-order valence-electron chi connectivity index (χ4n) is 13.1. The van der Waals surface area contributed by atoms with Crippen LogP contribution in [0.1, 0.15) is 171 Å². The smallest absolute Gasteiger partial charge is 0.147 e. The fraction of sp³-hybridized carbons (Fsp3) is 0.500. The van der Waals surface area contributed by atoms with Crippen molar-refractivity contribution in [2.24, 2.45) is 11.8 Å². The van der Waals surface area contributed by atoms with Crippen LogP contribution in [0.3, 0.4) is 0 Å². The Balaban J connectivity index is 0.00000302. The molecule has 0 nitrogen and oxygen atoms in total. The summed E-state index contributed by atoms with van der Waals surface area (Å²) in [7, 11) is 0. The minimum atomic E-state index is -3.97. The molecule has 4 aromatic carbocycles. The first-order valence-corrected chi connectivity index (χ1v) is 37.2. The van der Waals surface area contributed by atoms with Gasteiger partial charge in [0.15, 0.2) is 0 Å². The van der Waals surface area contributed by atoms with Gasteiger partial charge in [0.1, 0.15) is 0 Å². The first-order chi connectivity index (χ1) is 28.3. The van der Waals surface area contributed by atoms with Crippen LogP contribution in [0, 0.1) is 11.8 Å². The summed E-state index contributed by atoms with van der Waals surface area (Å²) in [5, 5.41) is 0. The van der Waals surface area contributed by atoms with Crippen LogP contribution in [0.25, 0.3) is 34.4 Å². The number of halogens is 2. The van der Waals surface area contributed by atoms with Gasteiger partial charge < -0.3 is 0 Å². The van der Waals surface area contributed by atoms with E-state index in [0.29, 0.717) is 7.25 Å². The Kier molecular flexibility index (Phi) is 16.7. The summed E-state index contributed by atoms with van der Waals surface area (Å²) in [4.78, 5) is 0. The standard InChI is InChI=1S/2C26H31.C3H7.CH3.2ClH.H2Si.Zr/c2*1-2-8-20-13-15-23(16-14-20)25-12-7-11-24-18-22(19-26(24)25)17-21-9-5-3-4-6-10-21;1-3-2;;;;;/h2*7,11-16,18-19,21H,2-6,8-10,17H2,1H3;1,3H2,2H3;1H3;2*1H;1H2;. The van der Waals surface area contributed by atoms with Crippen LogP contribution in [-0.2, 0) is 30.2 Å². The Hall–Kier alpha value is -1.96. The van der Waals surface area contributed by atoms with Crippen molar-refractivity contribution in [2.45, 2.75) is 159 Å². The van der Waals surface area contributed by atoms with Crippen LogP contribution in [0.4, 0.5) is 0 Å². The molecule has 2 atom stereocenters. The quantitative estimate of drug-likeness (QED) is 0.0873. The molecule has 322 valence electrons. The number of aryl methyl sites for hydroxylation is 2. The van der Waals surface area contributed by atoms with E-state index in [0.717, 1.165) is 24.7 Å². The third-order valence-electron chi connectivity index (χ3n) is 15.6. The molecule has 4 aliphatic carbocycles. The molecular formula is C56H76Cl2SiZr. The maximum absolute atomic E-state index is 3.97. The summed E-state index contributed by atoms with van der Waals surface area (Å²) in [6, 6.07) is 34.4.